The third-order valence-electron chi connectivity index (χ3n) is 4.45. The summed E-state index contributed by atoms with van der Waals surface area (Å²) in [4.78, 5) is 0. The minimum absolute atomic E-state index is 0.169. The van der Waals surface area contributed by atoms with E-state index in [9.17, 15) is 8.78 Å². The summed E-state index contributed by atoms with van der Waals surface area (Å²) in [6.45, 7) is 7.95. The molecule has 1 nitrogen and oxygen atoms in total. The summed E-state index contributed by atoms with van der Waals surface area (Å²) in [5.41, 5.74) is 1.01. The molecule has 0 heterocycles. The standard InChI is InChI=1S/C16H23F2N/c1-10-8-14(18)12(9-13(10)17)11(2)19-15-6-5-7-16(15,3)4/h8-9,11,15,19H,5-7H2,1-4H3. The van der Waals surface area contributed by atoms with Crippen molar-refractivity contribution < 1.29 is 8.78 Å². The maximum atomic E-state index is 13.9. The van der Waals surface area contributed by atoms with Crippen LogP contribution in [0.5, 0.6) is 0 Å². The molecule has 0 amide bonds. The van der Waals surface area contributed by atoms with E-state index in [-0.39, 0.29) is 23.1 Å². The van der Waals surface area contributed by atoms with Crippen LogP contribution in [-0.2, 0) is 0 Å². The van der Waals surface area contributed by atoms with Gasteiger partial charge < -0.3 is 5.32 Å². The van der Waals surface area contributed by atoms with Gasteiger partial charge >= 0.3 is 0 Å². The van der Waals surface area contributed by atoms with Crippen molar-refractivity contribution in [2.45, 2.75) is 59.0 Å². The maximum Gasteiger partial charge on any atom is 0.128 e. The first-order chi connectivity index (χ1) is 8.81. The number of rotatable bonds is 3. The van der Waals surface area contributed by atoms with Gasteiger partial charge in [0.2, 0.25) is 0 Å². The lowest BCUT2D eigenvalue weighted by Crippen LogP contribution is -2.39. The number of benzene rings is 1. The van der Waals surface area contributed by atoms with Crippen LogP contribution in [0.4, 0.5) is 8.78 Å². The van der Waals surface area contributed by atoms with Crippen molar-refractivity contribution in [2.24, 2.45) is 5.41 Å². The first-order valence-corrected chi connectivity index (χ1v) is 7.03. The van der Waals surface area contributed by atoms with Crippen LogP contribution < -0.4 is 5.32 Å². The van der Waals surface area contributed by atoms with Crippen molar-refractivity contribution in [3.63, 3.8) is 0 Å². The molecule has 1 fully saturated rings. The van der Waals surface area contributed by atoms with E-state index in [1.54, 1.807) is 6.92 Å². The van der Waals surface area contributed by atoms with Gasteiger partial charge in [0.1, 0.15) is 11.6 Å². The predicted octanol–water partition coefficient (Wildman–Crippen LogP) is 4.50. The highest BCUT2D eigenvalue weighted by atomic mass is 19.1. The summed E-state index contributed by atoms with van der Waals surface area (Å²) >= 11 is 0. The Labute approximate surface area is 114 Å². The molecule has 0 aliphatic heterocycles. The van der Waals surface area contributed by atoms with Gasteiger partial charge in [-0.05, 0) is 49.8 Å². The lowest BCUT2D eigenvalue weighted by Gasteiger charge is -2.31. The zero-order valence-electron chi connectivity index (χ0n) is 12.2. The van der Waals surface area contributed by atoms with Crippen LogP contribution in [0, 0.1) is 24.0 Å². The molecule has 106 valence electrons. The average molecular weight is 267 g/mol. The van der Waals surface area contributed by atoms with Crippen LogP contribution in [0.1, 0.15) is 57.2 Å². The Kier molecular flexibility index (Phi) is 3.95. The summed E-state index contributed by atoms with van der Waals surface area (Å²) in [7, 11) is 0. The fourth-order valence-corrected chi connectivity index (χ4v) is 3.02. The molecule has 0 saturated heterocycles. The molecule has 0 spiro atoms. The van der Waals surface area contributed by atoms with Crippen LogP contribution in [0.15, 0.2) is 12.1 Å². The smallest absolute Gasteiger partial charge is 0.128 e. The van der Waals surface area contributed by atoms with Crippen molar-refractivity contribution in [3.05, 3.63) is 34.9 Å². The molecule has 1 N–H and O–H groups in total. The van der Waals surface area contributed by atoms with Crippen LogP contribution in [0.2, 0.25) is 0 Å². The highest BCUT2D eigenvalue weighted by molar-refractivity contribution is 5.27. The van der Waals surface area contributed by atoms with Crippen molar-refractivity contribution in [1.29, 1.82) is 0 Å². The van der Waals surface area contributed by atoms with E-state index in [0.717, 1.165) is 6.42 Å². The van der Waals surface area contributed by atoms with E-state index in [1.165, 1.54) is 25.0 Å². The Bertz CT molecular complexity index is 468. The van der Waals surface area contributed by atoms with E-state index in [0.29, 0.717) is 17.2 Å². The molecule has 3 heteroatoms. The highest BCUT2D eigenvalue weighted by Gasteiger charge is 2.35. The SMILES string of the molecule is Cc1cc(F)c(C(C)NC2CCCC2(C)C)cc1F. The van der Waals surface area contributed by atoms with Gasteiger partial charge in [0.25, 0.3) is 0 Å². The second-order valence-corrected chi connectivity index (χ2v) is 6.44. The van der Waals surface area contributed by atoms with Gasteiger partial charge in [-0.25, -0.2) is 8.78 Å². The number of nitrogens with one attached hydrogen (secondary N) is 1. The van der Waals surface area contributed by atoms with Crippen molar-refractivity contribution >= 4 is 0 Å². The molecule has 2 rings (SSSR count). The summed E-state index contributed by atoms with van der Waals surface area (Å²) in [5, 5.41) is 3.47. The molecular weight excluding hydrogens is 244 g/mol. The van der Waals surface area contributed by atoms with Crippen LogP contribution in [0.25, 0.3) is 0 Å². The minimum atomic E-state index is -0.337. The number of hydrogen-bond acceptors (Lipinski definition) is 1. The highest BCUT2D eigenvalue weighted by Crippen LogP contribution is 2.38. The van der Waals surface area contributed by atoms with Gasteiger partial charge in [0.15, 0.2) is 0 Å². The number of aryl methyl sites for hydroxylation is 1. The lowest BCUT2D eigenvalue weighted by atomic mass is 9.86. The van der Waals surface area contributed by atoms with Crippen LogP contribution in [0.3, 0.4) is 0 Å². The summed E-state index contributed by atoms with van der Waals surface area (Å²) in [5.74, 6) is -0.662. The van der Waals surface area contributed by atoms with Crippen molar-refractivity contribution in [3.8, 4) is 0 Å². The Morgan fingerprint density at radius 2 is 1.95 bits per heavy atom. The predicted molar refractivity (Wildman–Crippen MR) is 74.1 cm³/mol. The van der Waals surface area contributed by atoms with Gasteiger partial charge in [-0.3, -0.25) is 0 Å². The van der Waals surface area contributed by atoms with Gasteiger partial charge in [0.05, 0.1) is 0 Å². The van der Waals surface area contributed by atoms with E-state index in [2.05, 4.69) is 19.2 Å². The van der Waals surface area contributed by atoms with E-state index < -0.39 is 0 Å². The summed E-state index contributed by atoms with van der Waals surface area (Å²) in [6.07, 6.45) is 3.48. The Morgan fingerprint density at radius 3 is 2.53 bits per heavy atom. The lowest BCUT2D eigenvalue weighted by molar-refractivity contribution is 0.264. The topological polar surface area (TPSA) is 12.0 Å². The maximum absolute atomic E-state index is 13.9. The van der Waals surface area contributed by atoms with Gasteiger partial charge in [-0.15, -0.1) is 0 Å². The Morgan fingerprint density at radius 1 is 1.26 bits per heavy atom. The molecule has 1 aromatic carbocycles. The molecule has 0 radical (unpaired) electrons. The monoisotopic (exact) mass is 267 g/mol. The van der Waals surface area contributed by atoms with Crippen molar-refractivity contribution in [2.75, 3.05) is 0 Å². The van der Waals surface area contributed by atoms with Gasteiger partial charge in [-0.2, -0.15) is 0 Å². The molecular formula is C16H23F2N. The third kappa shape index (κ3) is 2.97. The zero-order chi connectivity index (χ0) is 14.2. The second kappa shape index (κ2) is 5.20. The molecule has 1 aliphatic carbocycles. The molecule has 1 aliphatic rings. The van der Waals surface area contributed by atoms with Crippen LogP contribution in [-0.4, -0.2) is 6.04 Å². The van der Waals surface area contributed by atoms with Crippen molar-refractivity contribution in [1.82, 2.24) is 5.32 Å². The Hall–Kier alpha value is -0.960. The Balaban J connectivity index is 2.16. The molecule has 19 heavy (non-hydrogen) atoms. The molecule has 0 bridgehead atoms. The largest absolute Gasteiger partial charge is 0.307 e. The molecule has 2 atom stereocenters. The second-order valence-electron chi connectivity index (χ2n) is 6.44. The van der Waals surface area contributed by atoms with Gasteiger partial charge in [-0.1, -0.05) is 20.3 Å². The quantitative estimate of drug-likeness (QED) is 0.850. The first kappa shape index (κ1) is 14.4. The molecule has 1 saturated carbocycles. The molecule has 1 aromatic rings. The van der Waals surface area contributed by atoms with Gasteiger partial charge in [0, 0.05) is 17.6 Å². The number of halogens is 2. The normalized spacial score (nSPS) is 23.6. The minimum Gasteiger partial charge on any atom is -0.307 e. The van der Waals surface area contributed by atoms with Crippen LogP contribution >= 0.6 is 0 Å². The summed E-state index contributed by atoms with van der Waals surface area (Å²) in [6, 6.07) is 2.80. The fourth-order valence-electron chi connectivity index (χ4n) is 3.02. The average Bonchev–Trinajstić information content (AvgIpc) is 2.63. The zero-order valence-corrected chi connectivity index (χ0v) is 12.2. The molecule has 2 unspecified atom stereocenters. The fraction of sp³-hybridized carbons (Fsp3) is 0.625. The van der Waals surface area contributed by atoms with E-state index in [1.807, 2.05) is 6.92 Å². The van der Waals surface area contributed by atoms with E-state index >= 15 is 0 Å². The summed E-state index contributed by atoms with van der Waals surface area (Å²) < 4.78 is 27.5. The van der Waals surface area contributed by atoms with E-state index in [4.69, 9.17) is 0 Å². The third-order valence-corrected chi connectivity index (χ3v) is 4.45. The molecule has 0 aromatic heterocycles. The first-order valence-electron chi connectivity index (χ1n) is 7.03. The number of hydrogen-bond donors (Lipinski definition) is 1.